The maximum Gasteiger partial charge on any atom is 0.220 e. The van der Waals surface area contributed by atoms with Crippen LogP contribution in [0, 0.1) is 0 Å². The lowest BCUT2D eigenvalue weighted by atomic mass is 9.97. The van der Waals surface area contributed by atoms with Crippen LogP contribution in [0.5, 0.6) is 0 Å². The lowest BCUT2D eigenvalue weighted by Gasteiger charge is -2.46. The van der Waals surface area contributed by atoms with Crippen LogP contribution in [0.1, 0.15) is 406 Å². The van der Waals surface area contributed by atoms with Gasteiger partial charge in [0, 0.05) is 6.42 Å². The predicted octanol–water partition coefficient (Wildman–Crippen LogP) is 19.4. The van der Waals surface area contributed by atoms with Crippen LogP contribution in [-0.4, -0.2) is 140 Å². The molecule has 2 aliphatic rings. The van der Waals surface area contributed by atoms with Crippen molar-refractivity contribution in [3.05, 3.63) is 24.3 Å². The standard InChI is InChI=1S/C83H159NO13/c1-3-5-7-9-11-13-15-17-19-21-23-25-27-29-30-31-32-33-34-35-36-37-38-39-40-41-42-43-45-47-49-51-53-55-57-59-61-63-65-67-75(88)84-71(70-94-82-80(93)78(91)81(74(69-86)96-82)97-83-79(92)77(90)76(89)73(68-85)95-83)72(87)66-64-62-60-58-56-54-52-50-48-46-44-28-26-24-22-20-18-16-14-12-10-8-6-4-2/h15,17,21,23,71-74,76-83,85-87,89-93H,3-14,16,18-20,22,24-70H2,1-2H3,(H,84,88)/b17-15-,23-21-. The van der Waals surface area contributed by atoms with E-state index in [4.69, 9.17) is 18.9 Å². The molecular formula is C83H159NO13. The first-order valence-electron chi connectivity index (χ1n) is 42.1. The van der Waals surface area contributed by atoms with Crippen molar-refractivity contribution in [1.82, 2.24) is 5.32 Å². The van der Waals surface area contributed by atoms with Gasteiger partial charge < -0.3 is 65.1 Å². The number of allylic oxidation sites excluding steroid dienone is 4. The molecule has 0 bridgehead atoms. The second-order valence-electron chi connectivity index (χ2n) is 30.0. The van der Waals surface area contributed by atoms with Crippen LogP contribution in [-0.2, 0) is 23.7 Å². The van der Waals surface area contributed by atoms with Gasteiger partial charge in [0.15, 0.2) is 12.6 Å². The van der Waals surface area contributed by atoms with Gasteiger partial charge in [-0.05, 0) is 44.9 Å². The quantitative estimate of drug-likeness (QED) is 0.0204. The summed E-state index contributed by atoms with van der Waals surface area (Å²) in [6, 6.07) is -0.827. The Morgan fingerprint density at radius 1 is 0.371 bits per heavy atom. The summed E-state index contributed by atoms with van der Waals surface area (Å²) in [6.45, 7) is 2.93. The van der Waals surface area contributed by atoms with Crippen molar-refractivity contribution < 1.29 is 64.6 Å². The van der Waals surface area contributed by atoms with Crippen molar-refractivity contribution in [2.45, 2.75) is 479 Å². The summed E-state index contributed by atoms with van der Waals surface area (Å²) >= 11 is 0. The van der Waals surface area contributed by atoms with Crippen LogP contribution >= 0.6 is 0 Å². The van der Waals surface area contributed by atoms with Gasteiger partial charge in [0.25, 0.3) is 0 Å². The molecule has 0 radical (unpaired) electrons. The molecule has 2 saturated heterocycles. The number of nitrogens with one attached hydrogen (secondary N) is 1. The van der Waals surface area contributed by atoms with Gasteiger partial charge in [-0.3, -0.25) is 4.79 Å². The highest BCUT2D eigenvalue weighted by Crippen LogP contribution is 2.31. The highest BCUT2D eigenvalue weighted by molar-refractivity contribution is 5.76. The van der Waals surface area contributed by atoms with Gasteiger partial charge in [-0.2, -0.15) is 0 Å². The molecule has 9 N–H and O–H groups in total. The molecule has 1 amide bonds. The Hall–Kier alpha value is -1.53. The molecule has 12 atom stereocenters. The minimum absolute atomic E-state index is 0.196. The number of aliphatic hydroxyl groups is 8. The van der Waals surface area contributed by atoms with Gasteiger partial charge in [0.1, 0.15) is 48.8 Å². The molecule has 0 spiro atoms. The fraction of sp³-hybridized carbons (Fsp3) is 0.940. The Morgan fingerprint density at radius 2 is 0.680 bits per heavy atom. The molecule has 0 saturated carbocycles. The largest absolute Gasteiger partial charge is 0.394 e. The summed E-state index contributed by atoms with van der Waals surface area (Å²) in [5, 5.41) is 87.9. The number of unbranched alkanes of at least 4 members (excludes halogenated alkanes) is 55. The van der Waals surface area contributed by atoms with Crippen molar-refractivity contribution in [2.24, 2.45) is 0 Å². The van der Waals surface area contributed by atoms with E-state index >= 15 is 0 Å². The van der Waals surface area contributed by atoms with Crippen LogP contribution < -0.4 is 5.32 Å². The third-order valence-corrected chi connectivity index (χ3v) is 20.9. The Balaban J connectivity index is 1.55. The highest BCUT2D eigenvalue weighted by atomic mass is 16.7. The van der Waals surface area contributed by atoms with Crippen molar-refractivity contribution in [3.63, 3.8) is 0 Å². The summed E-state index contributed by atoms with van der Waals surface area (Å²) < 4.78 is 23.0. The molecular weight excluding hydrogens is 1220 g/mol. The maximum atomic E-state index is 13.4. The van der Waals surface area contributed by atoms with Gasteiger partial charge >= 0.3 is 0 Å². The monoisotopic (exact) mass is 1380 g/mol. The van der Waals surface area contributed by atoms with E-state index in [1.54, 1.807) is 0 Å². The van der Waals surface area contributed by atoms with E-state index in [9.17, 15) is 45.6 Å². The van der Waals surface area contributed by atoms with E-state index in [1.807, 2.05) is 0 Å². The number of carbonyl (C=O) groups is 1. The van der Waals surface area contributed by atoms with E-state index in [0.717, 1.165) is 57.8 Å². The normalized spacial score (nSPS) is 22.2. The van der Waals surface area contributed by atoms with Crippen molar-refractivity contribution >= 4 is 5.91 Å². The predicted molar refractivity (Wildman–Crippen MR) is 402 cm³/mol. The second kappa shape index (κ2) is 67.6. The van der Waals surface area contributed by atoms with Gasteiger partial charge in [-0.1, -0.05) is 378 Å². The Morgan fingerprint density at radius 3 is 1.03 bits per heavy atom. The van der Waals surface area contributed by atoms with E-state index in [0.29, 0.717) is 12.8 Å². The van der Waals surface area contributed by atoms with Crippen LogP contribution in [0.15, 0.2) is 24.3 Å². The van der Waals surface area contributed by atoms with Crippen LogP contribution in [0.3, 0.4) is 0 Å². The van der Waals surface area contributed by atoms with Crippen molar-refractivity contribution in [1.29, 1.82) is 0 Å². The number of carbonyl (C=O) groups excluding carboxylic acids is 1. The SMILES string of the molecule is CCCCCCC/C=C\C/C=C\CCCCCCCCCCCCCCCCCCCCCCCCCCCCCC(=O)NC(COC1OC(CO)C(OC2OC(CO)C(O)C(O)C2O)C(O)C1O)C(O)CCCCCCCCCCCCCCCCCCCCCCCCCC. The highest BCUT2D eigenvalue weighted by Gasteiger charge is 2.51. The Bertz CT molecular complexity index is 1720. The van der Waals surface area contributed by atoms with Gasteiger partial charge in [-0.15, -0.1) is 0 Å². The summed E-state index contributed by atoms with van der Waals surface area (Å²) in [5.74, 6) is -0.196. The average Bonchev–Trinajstić information content (AvgIpc) is 0.794. The molecule has 0 aliphatic carbocycles. The van der Waals surface area contributed by atoms with Crippen LogP contribution in [0.2, 0.25) is 0 Å². The summed E-state index contributed by atoms with van der Waals surface area (Å²) in [7, 11) is 0. The number of rotatable bonds is 72. The van der Waals surface area contributed by atoms with E-state index in [1.165, 1.54) is 321 Å². The van der Waals surface area contributed by atoms with E-state index < -0.39 is 86.8 Å². The third-order valence-electron chi connectivity index (χ3n) is 20.9. The number of ether oxygens (including phenoxy) is 4. The molecule has 2 fully saturated rings. The first-order chi connectivity index (χ1) is 47.6. The minimum atomic E-state index is -1.78. The third kappa shape index (κ3) is 50.5. The number of aliphatic hydroxyl groups excluding tert-OH is 8. The molecule has 2 aliphatic heterocycles. The van der Waals surface area contributed by atoms with E-state index in [2.05, 4.69) is 43.5 Å². The molecule has 0 aromatic heterocycles. The molecule has 2 heterocycles. The maximum absolute atomic E-state index is 13.4. The van der Waals surface area contributed by atoms with Gasteiger partial charge in [-0.25, -0.2) is 0 Å². The van der Waals surface area contributed by atoms with Crippen molar-refractivity contribution in [2.75, 3.05) is 19.8 Å². The zero-order valence-corrected chi connectivity index (χ0v) is 63.1. The second-order valence-corrected chi connectivity index (χ2v) is 30.0. The first-order valence-corrected chi connectivity index (χ1v) is 42.1. The lowest BCUT2D eigenvalue weighted by molar-refractivity contribution is -0.359. The molecule has 0 aromatic rings. The molecule has 574 valence electrons. The van der Waals surface area contributed by atoms with Gasteiger partial charge in [0.2, 0.25) is 5.91 Å². The van der Waals surface area contributed by atoms with Crippen LogP contribution in [0.25, 0.3) is 0 Å². The number of hydrogen-bond acceptors (Lipinski definition) is 13. The van der Waals surface area contributed by atoms with Gasteiger partial charge in [0.05, 0.1) is 32.0 Å². The fourth-order valence-corrected chi connectivity index (χ4v) is 14.3. The van der Waals surface area contributed by atoms with Crippen molar-refractivity contribution in [3.8, 4) is 0 Å². The smallest absolute Gasteiger partial charge is 0.220 e. The molecule has 2 rings (SSSR count). The summed E-state index contributed by atoms with van der Waals surface area (Å²) in [6.07, 6.45) is 71.0. The first kappa shape index (κ1) is 91.6. The number of hydrogen-bond donors (Lipinski definition) is 9. The summed E-state index contributed by atoms with van der Waals surface area (Å²) in [4.78, 5) is 13.4. The molecule has 97 heavy (non-hydrogen) atoms. The van der Waals surface area contributed by atoms with E-state index in [-0.39, 0.29) is 12.5 Å². The summed E-state index contributed by atoms with van der Waals surface area (Å²) in [5.41, 5.74) is 0. The molecule has 12 unspecified atom stereocenters. The average molecular weight is 1380 g/mol. The molecule has 14 nitrogen and oxygen atoms in total. The molecule has 0 aromatic carbocycles. The Labute approximate surface area is 596 Å². The number of amides is 1. The fourth-order valence-electron chi connectivity index (χ4n) is 14.3. The zero-order chi connectivity index (χ0) is 70.1. The lowest BCUT2D eigenvalue weighted by Crippen LogP contribution is -2.65. The molecule has 14 heteroatoms. The zero-order valence-electron chi connectivity index (χ0n) is 63.1. The topological polar surface area (TPSA) is 228 Å². The minimum Gasteiger partial charge on any atom is -0.394 e. The van der Waals surface area contributed by atoms with Crippen LogP contribution in [0.4, 0.5) is 0 Å². The Kier molecular flexibility index (Phi) is 63.8.